The Morgan fingerprint density at radius 1 is 1.12 bits per heavy atom. The molecule has 25 heavy (non-hydrogen) atoms. The van der Waals surface area contributed by atoms with Crippen molar-refractivity contribution >= 4 is 27.3 Å². The van der Waals surface area contributed by atoms with Crippen LogP contribution in [0.1, 0.15) is 16.7 Å². The Bertz CT molecular complexity index is 887. The number of rotatable bonds is 5. The Balaban J connectivity index is 2.35. The predicted molar refractivity (Wildman–Crippen MR) is 97.9 cm³/mol. The smallest absolute Gasteiger partial charge is 0.245 e. The van der Waals surface area contributed by atoms with E-state index >= 15 is 0 Å². The number of sulfonamides is 1. The summed E-state index contributed by atoms with van der Waals surface area (Å²) in [6.07, 6.45) is 1.04. The second kappa shape index (κ2) is 7.23. The van der Waals surface area contributed by atoms with Gasteiger partial charge in [-0.3, -0.25) is 9.10 Å². The second-order valence-corrected chi connectivity index (χ2v) is 7.95. The molecular weight excluding hydrogens is 343 g/mol. The Labute approximate surface area is 147 Å². The Morgan fingerprint density at radius 3 is 2.20 bits per heavy atom. The quantitative estimate of drug-likeness (QED) is 0.886. The lowest BCUT2D eigenvalue weighted by Gasteiger charge is -2.26. The van der Waals surface area contributed by atoms with Crippen LogP contribution in [0.3, 0.4) is 0 Å². The van der Waals surface area contributed by atoms with Crippen LogP contribution in [0.5, 0.6) is 0 Å². The van der Waals surface area contributed by atoms with E-state index in [2.05, 4.69) is 5.32 Å². The summed E-state index contributed by atoms with van der Waals surface area (Å²) in [5.41, 5.74) is 2.99. The standard InChI is InChI=1S/C18H21FN2O3S/c1-12-9-13(2)18(14(3)10-12)21(25(4,23)24)11-17(22)20-16-8-6-5-7-15(16)19/h5-10H,11H2,1-4H3,(H,20,22). The highest BCUT2D eigenvalue weighted by atomic mass is 32.2. The number of carbonyl (C=O) groups is 1. The van der Waals surface area contributed by atoms with Crippen LogP contribution in [0.4, 0.5) is 15.8 Å². The molecule has 0 spiro atoms. The van der Waals surface area contributed by atoms with E-state index in [9.17, 15) is 17.6 Å². The van der Waals surface area contributed by atoms with Gasteiger partial charge >= 0.3 is 0 Å². The van der Waals surface area contributed by atoms with Crippen molar-refractivity contribution in [3.05, 3.63) is 58.9 Å². The van der Waals surface area contributed by atoms with Gasteiger partial charge in [0.2, 0.25) is 15.9 Å². The first-order valence-electron chi connectivity index (χ1n) is 7.69. The van der Waals surface area contributed by atoms with Crippen LogP contribution in [0, 0.1) is 26.6 Å². The van der Waals surface area contributed by atoms with Crippen LogP contribution in [-0.4, -0.2) is 27.1 Å². The lowest BCUT2D eigenvalue weighted by Crippen LogP contribution is -2.38. The van der Waals surface area contributed by atoms with Gasteiger partial charge in [0.15, 0.2) is 0 Å². The zero-order valence-electron chi connectivity index (χ0n) is 14.6. The molecule has 1 N–H and O–H groups in total. The predicted octanol–water partition coefficient (Wildman–Crippen LogP) is 3.16. The van der Waals surface area contributed by atoms with E-state index < -0.39 is 28.3 Å². The molecule has 0 aliphatic carbocycles. The molecule has 2 aromatic rings. The Hall–Kier alpha value is -2.41. The van der Waals surface area contributed by atoms with Crippen LogP contribution in [0.2, 0.25) is 0 Å². The summed E-state index contributed by atoms with van der Waals surface area (Å²) in [7, 11) is -3.69. The van der Waals surface area contributed by atoms with E-state index in [1.165, 1.54) is 18.2 Å². The summed E-state index contributed by atoms with van der Waals surface area (Å²) in [4.78, 5) is 12.3. The number of aryl methyl sites for hydroxylation is 3. The molecule has 1 amide bonds. The minimum Gasteiger partial charge on any atom is -0.322 e. The molecule has 134 valence electrons. The first kappa shape index (κ1) is 18.9. The molecule has 0 aliphatic heterocycles. The average molecular weight is 364 g/mol. The summed E-state index contributed by atoms with van der Waals surface area (Å²) < 4.78 is 39.2. The average Bonchev–Trinajstić information content (AvgIpc) is 2.46. The van der Waals surface area contributed by atoms with Gasteiger partial charge in [-0.05, 0) is 44.0 Å². The number of anilines is 2. The minimum atomic E-state index is -3.69. The van der Waals surface area contributed by atoms with Crippen LogP contribution in [0.15, 0.2) is 36.4 Å². The van der Waals surface area contributed by atoms with Crippen molar-refractivity contribution in [2.45, 2.75) is 20.8 Å². The van der Waals surface area contributed by atoms with E-state index in [4.69, 9.17) is 0 Å². The van der Waals surface area contributed by atoms with Crippen molar-refractivity contribution in [1.82, 2.24) is 0 Å². The van der Waals surface area contributed by atoms with Gasteiger partial charge in [-0.1, -0.05) is 29.8 Å². The van der Waals surface area contributed by atoms with Gasteiger partial charge in [0.05, 0.1) is 17.6 Å². The molecule has 0 saturated heterocycles. The van der Waals surface area contributed by atoms with Crippen molar-refractivity contribution in [2.75, 3.05) is 22.4 Å². The van der Waals surface area contributed by atoms with Gasteiger partial charge in [0.25, 0.3) is 0 Å². The lowest BCUT2D eigenvalue weighted by atomic mass is 10.1. The lowest BCUT2D eigenvalue weighted by molar-refractivity contribution is -0.114. The van der Waals surface area contributed by atoms with Crippen molar-refractivity contribution in [3.8, 4) is 0 Å². The van der Waals surface area contributed by atoms with E-state index in [-0.39, 0.29) is 5.69 Å². The number of benzene rings is 2. The number of para-hydroxylation sites is 1. The molecule has 0 atom stereocenters. The maximum absolute atomic E-state index is 13.7. The van der Waals surface area contributed by atoms with Crippen LogP contribution >= 0.6 is 0 Å². The van der Waals surface area contributed by atoms with Crippen molar-refractivity contribution < 1.29 is 17.6 Å². The van der Waals surface area contributed by atoms with E-state index in [1.54, 1.807) is 19.9 Å². The fourth-order valence-corrected chi connectivity index (χ4v) is 3.78. The van der Waals surface area contributed by atoms with E-state index in [0.29, 0.717) is 5.69 Å². The molecule has 7 heteroatoms. The third-order valence-corrected chi connectivity index (χ3v) is 4.83. The third kappa shape index (κ3) is 4.57. The molecule has 0 radical (unpaired) electrons. The van der Waals surface area contributed by atoms with Gasteiger partial charge in [0.1, 0.15) is 12.4 Å². The maximum atomic E-state index is 13.7. The SMILES string of the molecule is Cc1cc(C)c(N(CC(=O)Nc2ccccc2F)S(C)(=O)=O)c(C)c1. The van der Waals surface area contributed by atoms with Crippen LogP contribution in [-0.2, 0) is 14.8 Å². The third-order valence-electron chi connectivity index (χ3n) is 3.72. The summed E-state index contributed by atoms with van der Waals surface area (Å²) in [6, 6.07) is 9.44. The van der Waals surface area contributed by atoms with Gasteiger partial charge in [-0.2, -0.15) is 0 Å². The van der Waals surface area contributed by atoms with Crippen molar-refractivity contribution in [1.29, 1.82) is 0 Å². The molecule has 2 rings (SSSR count). The maximum Gasteiger partial charge on any atom is 0.245 e. The molecule has 0 heterocycles. The van der Waals surface area contributed by atoms with Crippen LogP contribution in [0.25, 0.3) is 0 Å². The van der Waals surface area contributed by atoms with E-state index in [1.807, 2.05) is 19.1 Å². The molecular formula is C18H21FN2O3S. The first-order valence-corrected chi connectivity index (χ1v) is 9.54. The largest absolute Gasteiger partial charge is 0.322 e. The number of hydrogen-bond acceptors (Lipinski definition) is 3. The van der Waals surface area contributed by atoms with E-state index in [0.717, 1.165) is 27.3 Å². The summed E-state index contributed by atoms with van der Waals surface area (Å²) in [5, 5.41) is 2.41. The topological polar surface area (TPSA) is 66.5 Å². The minimum absolute atomic E-state index is 0.0123. The molecule has 0 unspecified atom stereocenters. The molecule has 0 aliphatic rings. The zero-order chi connectivity index (χ0) is 18.8. The molecule has 0 aromatic heterocycles. The highest BCUT2D eigenvalue weighted by Crippen LogP contribution is 2.28. The number of nitrogens with one attached hydrogen (secondary N) is 1. The second-order valence-electron chi connectivity index (χ2n) is 6.04. The number of nitrogens with zero attached hydrogens (tertiary/aromatic N) is 1. The van der Waals surface area contributed by atoms with Crippen molar-refractivity contribution in [3.63, 3.8) is 0 Å². The van der Waals surface area contributed by atoms with Gasteiger partial charge in [-0.25, -0.2) is 12.8 Å². The number of halogens is 1. The fraction of sp³-hybridized carbons (Fsp3) is 0.278. The molecule has 0 saturated carbocycles. The Kier molecular flexibility index (Phi) is 5.47. The highest BCUT2D eigenvalue weighted by Gasteiger charge is 2.24. The molecule has 0 fully saturated rings. The molecule has 0 bridgehead atoms. The molecule has 5 nitrogen and oxygen atoms in total. The summed E-state index contributed by atoms with van der Waals surface area (Å²) >= 11 is 0. The van der Waals surface area contributed by atoms with Crippen molar-refractivity contribution in [2.24, 2.45) is 0 Å². The number of amides is 1. The molecule has 2 aromatic carbocycles. The Morgan fingerprint density at radius 2 is 1.68 bits per heavy atom. The summed E-state index contributed by atoms with van der Waals surface area (Å²) in [5.74, 6) is -1.20. The fourth-order valence-electron chi connectivity index (χ4n) is 2.81. The van der Waals surface area contributed by atoms with Gasteiger partial charge < -0.3 is 5.32 Å². The number of carbonyl (C=O) groups excluding carboxylic acids is 1. The monoisotopic (exact) mass is 364 g/mol. The van der Waals surface area contributed by atoms with Gasteiger partial charge in [-0.15, -0.1) is 0 Å². The summed E-state index contributed by atoms with van der Waals surface area (Å²) in [6.45, 7) is 5.07. The van der Waals surface area contributed by atoms with Crippen LogP contribution < -0.4 is 9.62 Å². The highest BCUT2D eigenvalue weighted by molar-refractivity contribution is 7.92. The number of hydrogen-bond donors (Lipinski definition) is 1. The normalized spacial score (nSPS) is 11.2. The first-order chi connectivity index (χ1) is 11.6. The zero-order valence-corrected chi connectivity index (χ0v) is 15.4. The van der Waals surface area contributed by atoms with Gasteiger partial charge in [0, 0.05) is 0 Å².